The van der Waals surface area contributed by atoms with Crippen LogP contribution in [0.15, 0.2) is 24.3 Å². The molecule has 0 spiro atoms. The second-order valence-electron chi connectivity index (χ2n) is 5.26. The van der Waals surface area contributed by atoms with Crippen LogP contribution in [-0.4, -0.2) is 38.7 Å². The first-order valence-corrected chi connectivity index (χ1v) is 7.32. The van der Waals surface area contributed by atoms with Gasteiger partial charge in [-0.05, 0) is 18.1 Å². The molecule has 122 valence electrons. The molecule has 1 rings (SSSR count). The second-order valence-corrected chi connectivity index (χ2v) is 5.26. The van der Waals surface area contributed by atoms with Crippen LogP contribution in [0.3, 0.4) is 0 Å². The summed E-state index contributed by atoms with van der Waals surface area (Å²) in [5.41, 5.74) is 0.628. The molecule has 22 heavy (non-hydrogen) atoms. The normalized spacial score (nSPS) is 10.4. The molecular formula is C16H24N2O4. The van der Waals surface area contributed by atoms with Crippen molar-refractivity contribution in [2.75, 3.05) is 32.2 Å². The number of ether oxygens (including phenoxy) is 2. The van der Waals surface area contributed by atoms with Gasteiger partial charge in [0.2, 0.25) is 5.91 Å². The van der Waals surface area contributed by atoms with Gasteiger partial charge in [-0.2, -0.15) is 0 Å². The van der Waals surface area contributed by atoms with Crippen LogP contribution in [0, 0.1) is 5.92 Å². The van der Waals surface area contributed by atoms with Crippen molar-refractivity contribution in [3.8, 4) is 5.75 Å². The Balaban J connectivity index is 2.38. The summed E-state index contributed by atoms with van der Waals surface area (Å²) in [5, 5.41) is 5.24. The van der Waals surface area contributed by atoms with E-state index in [0.717, 1.165) is 0 Å². The van der Waals surface area contributed by atoms with Gasteiger partial charge in [0.25, 0.3) is 5.91 Å². The molecule has 0 heterocycles. The highest BCUT2D eigenvalue weighted by Crippen LogP contribution is 2.17. The standard InChI is InChI=1S/C16H24N2O4/c1-12(2)10-21-8-7-15(19)18-13-5-4-6-14(9-13)22-11-16(20)17-3/h4-6,9,12H,7-8,10-11H2,1-3H3,(H,17,20)(H,18,19). The van der Waals surface area contributed by atoms with Crippen LogP contribution in [0.25, 0.3) is 0 Å². The third-order valence-corrected chi connectivity index (χ3v) is 2.69. The van der Waals surface area contributed by atoms with Gasteiger partial charge in [-0.25, -0.2) is 0 Å². The van der Waals surface area contributed by atoms with Gasteiger partial charge in [0, 0.05) is 25.4 Å². The largest absolute Gasteiger partial charge is 0.484 e. The van der Waals surface area contributed by atoms with Crippen molar-refractivity contribution in [2.45, 2.75) is 20.3 Å². The molecule has 0 aromatic heterocycles. The smallest absolute Gasteiger partial charge is 0.257 e. The van der Waals surface area contributed by atoms with Gasteiger partial charge in [0.05, 0.1) is 13.0 Å². The number of hydrogen-bond acceptors (Lipinski definition) is 4. The fourth-order valence-corrected chi connectivity index (χ4v) is 1.59. The number of rotatable bonds is 9. The molecule has 0 aliphatic carbocycles. The molecule has 2 N–H and O–H groups in total. The van der Waals surface area contributed by atoms with Gasteiger partial charge in [-0.1, -0.05) is 19.9 Å². The van der Waals surface area contributed by atoms with E-state index in [9.17, 15) is 9.59 Å². The number of amides is 2. The SMILES string of the molecule is CNC(=O)COc1cccc(NC(=O)CCOCC(C)C)c1. The molecule has 0 aliphatic rings. The van der Waals surface area contributed by atoms with Crippen molar-refractivity contribution < 1.29 is 19.1 Å². The topological polar surface area (TPSA) is 76.7 Å². The average molecular weight is 308 g/mol. The summed E-state index contributed by atoms with van der Waals surface area (Å²) < 4.78 is 10.7. The molecular weight excluding hydrogens is 284 g/mol. The third kappa shape index (κ3) is 7.64. The molecule has 0 fully saturated rings. The number of hydrogen-bond donors (Lipinski definition) is 2. The van der Waals surface area contributed by atoms with E-state index in [1.165, 1.54) is 0 Å². The summed E-state index contributed by atoms with van der Waals surface area (Å²) in [6.07, 6.45) is 0.302. The van der Waals surface area contributed by atoms with Crippen molar-refractivity contribution >= 4 is 17.5 Å². The zero-order valence-electron chi connectivity index (χ0n) is 13.3. The lowest BCUT2D eigenvalue weighted by atomic mass is 10.2. The van der Waals surface area contributed by atoms with Crippen LogP contribution >= 0.6 is 0 Å². The quantitative estimate of drug-likeness (QED) is 0.682. The zero-order valence-corrected chi connectivity index (χ0v) is 13.3. The number of carbonyl (C=O) groups excluding carboxylic acids is 2. The lowest BCUT2D eigenvalue weighted by Crippen LogP contribution is -2.24. The number of carbonyl (C=O) groups is 2. The Labute approximate surface area is 131 Å². The maximum absolute atomic E-state index is 11.8. The highest BCUT2D eigenvalue weighted by molar-refractivity contribution is 5.90. The van der Waals surface area contributed by atoms with E-state index < -0.39 is 0 Å². The molecule has 2 amide bonds. The lowest BCUT2D eigenvalue weighted by molar-refractivity contribution is -0.122. The van der Waals surface area contributed by atoms with E-state index in [1.807, 2.05) is 0 Å². The Morgan fingerprint density at radius 1 is 1.23 bits per heavy atom. The van der Waals surface area contributed by atoms with Crippen LogP contribution in [0.1, 0.15) is 20.3 Å². The monoisotopic (exact) mass is 308 g/mol. The summed E-state index contributed by atoms with van der Waals surface area (Å²) in [5.74, 6) is 0.651. The average Bonchev–Trinajstić information content (AvgIpc) is 2.49. The molecule has 6 nitrogen and oxygen atoms in total. The van der Waals surface area contributed by atoms with E-state index in [2.05, 4.69) is 24.5 Å². The molecule has 0 atom stereocenters. The van der Waals surface area contributed by atoms with Crippen molar-refractivity contribution in [3.05, 3.63) is 24.3 Å². The molecule has 0 saturated heterocycles. The fraction of sp³-hybridized carbons (Fsp3) is 0.500. The van der Waals surface area contributed by atoms with Crippen LogP contribution < -0.4 is 15.4 Å². The Morgan fingerprint density at radius 3 is 2.68 bits per heavy atom. The Morgan fingerprint density at radius 2 is 2.00 bits per heavy atom. The summed E-state index contributed by atoms with van der Waals surface area (Å²) in [6, 6.07) is 6.92. The minimum Gasteiger partial charge on any atom is -0.484 e. The van der Waals surface area contributed by atoms with Crippen LogP contribution in [0.4, 0.5) is 5.69 Å². The van der Waals surface area contributed by atoms with Gasteiger partial charge in [0.15, 0.2) is 6.61 Å². The summed E-state index contributed by atoms with van der Waals surface area (Å²) in [6.45, 7) is 5.11. The van der Waals surface area contributed by atoms with Crippen molar-refractivity contribution in [2.24, 2.45) is 5.92 Å². The van der Waals surface area contributed by atoms with E-state index in [1.54, 1.807) is 31.3 Å². The lowest BCUT2D eigenvalue weighted by Gasteiger charge is -2.09. The van der Waals surface area contributed by atoms with E-state index in [0.29, 0.717) is 37.0 Å². The maximum Gasteiger partial charge on any atom is 0.257 e. The molecule has 0 aliphatic heterocycles. The molecule has 0 saturated carbocycles. The minimum atomic E-state index is -0.211. The predicted octanol–water partition coefficient (Wildman–Crippen LogP) is 1.81. The van der Waals surface area contributed by atoms with E-state index in [-0.39, 0.29) is 18.4 Å². The summed E-state index contributed by atoms with van der Waals surface area (Å²) in [4.78, 5) is 22.9. The molecule has 0 bridgehead atoms. The third-order valence-electron chi connectivity index (χ3n) is 2.69. The highest BCUT2D eigenvalue weighted by Gasteiger charge is 2.05. The maximum atomic E-state index is 11.8. The highest BCUT2D eigenvalue weighted by atomic mass is 16.5. The number of benzene rings is 1. The first kappa shape index (κ1) is 18.0. The van der Waals surface area contributed by atoms with Gasteiger partial charge in [-0.3, -0.25) is 9.59 Å². The Kier molecular flexibility index (Phi) is 7.99. The Bertz CT molecular complexity index is 489. The van der Waals surface area contributed by atoms with E-state index in [4.69, 9.17) is 9.47 Å². The van der Waals surface area contributed by atoms with Gasteiger partial charge >= 0.3 is 0 Å². The van der Waals surface area contributed by atoms with Gasteiger partial charge < -0.3 is 20.1 Å². The van der Waals surface area contributed by atoms with Crippen LogP contribution in [-0.2, 0) is 14.3 Å². The second kappa shape index (κ2) is 9.78. The van der Waals surface area contributed by atoms with Crippen molar-refractivity contribution in [3.63, 3.8) is 0 Å². The number of anilines is 1. The van der Waals surface area contributed by atoms with Crippen molar-refractivity contribution in [1.29, 1.82) is 0 Å². The molecule has 0 radical (unpaired) electrons. The molecule has 6 heteroatoms. The number of nitrogens with one attached hydrogen (secondary N) is 2. The summed E-state index contributed by atoms with van der Waals surface area (Å²) >= 11 is 0. The summed E-state index contributed by atoms with van der Waals surface area (Å²) in [7, 11) is 1.55. The van der Waals surface area contributed by atoms with Gasteiger partial charge in [-0.15, -0.1) is 0 Å². The Hall–Kier alpha value is -2.08. The van der Waals surface area contributed by atoms with Crippen LogP contribution in [0.5, 0.6) is 5.75 Å². The molecule has 1 aromatic carbocycles. The minimum absolute atomic E-state index is 0.0586. The van der Waals surface area contributed by atoms with Crippen molar-refractivity contribution in [1.82, 2.24) is 5.32 Å². The molecule has 0 unspecified atom stereocenters. The van der Waals surface area contributed by atoms with Gasteiger partial charge in [0.1, 0.15) is 5.75 Å². The zero-order chi connectivity index (χ0) is 16.4. The predicted molar refractivity (Wildman–Crippen MR) is 84.9 cm³/mol. The molecule has 1 aromatic rings. The number of likely N-dealkylation sites (N-methyl/N-ethyl adjacent to an activating group) is 1. The first-order chi connectivity index (χ1) is 10.5. The fourth-order valence-electron chi connectivity index (χ4n) is 1.59. The van der Waals surface area contributed by atoms with Crippen LogP contribution in [0.2, 0.25) is 0 Å². The van der Waals surface area contributed by atoms with E-state index >= 15 is 0 Å². The first-order valence-electron chi connectivity index (χ1n) is 7.32.